The Morgan fingerprint density at radius 2 is 1.84 bits per heavy atom. The van der Waals surface area contributed by atoms with Crippen LogP contribution in [0.2, 0.25) is 10.0 Å². The average Bonchev–Trinajstić information content (AvgIpc) is 2.38. The second kappa shape index (κ2) is 5.63. The van der Waals surface area contributed by atoms with Crippen LogP contribution in [0.5, 0.6) is 0 Å². The van der Waals surface area contributed by atoms with Crippen LogP contribution in [-0.4, -0.2) is 11.5 Å². The monoisotopic (exact) mass is 299 g/mol. The third kappa shape index (κ3) is 2.91. The maximum Gasteiger partial charge on any atom is 0.154 e. The van der Waals surface area contributed by atoms with Crippen LogP contribution in [0.3, 0.4) is 0 Å². The van der Waals surface area contributed by atoms with Gasteiger partial charge in [-0.25, -0.2) is 9.37 Å². The lowest BCUT2D eigenvalue weighted by Gasteiger charge is -2.23. The molecule has 3 nitrogen and oxygen atoms in total. The zero-order valence-corrected chi connectivity index (χ0v) is 11.7. The lowest BCUT2D eigenvalue weighted by molar-refractivity contribution is 0.628. The van der Waals surface area contributed by atoms with E-state index in [4.69, 9.17) is 28.9 Å². The fourth-order valence-electron chi connectivity index (χ4n) is 1.74. The van der Waals surface area contributed by atoms with E-state index in [9.17, 15) is 4.39 Å². The van der Waals surface area contributed by atoms with Gasteiger partial charge in [-0.05, 0) is 37.3 Å². The van der Waals surface area contributed by atoms with Gasteiger partial charge in [-0.1, -0.05) is 23.2 Å². The van der Waals surface area contributed by atoms with Crippen LogP contribution in [0.25, 0.3) is 0 Å². The molecule has 2 aromatic rings. The minimum atomic E-state index is -0.297. The Hall–Kier alpha value is -1.52. The van der Waals surface area contributed by atoms with Gasteiger partial charge in [0.1, 0.15) is 11.6 Å². The molecule has 1 aromatic heterocycles. The Labute approximate surface area is 120 Å². The molecule has 19 heavy (non-hydrogen) atoms. The fourth-order valence-corrected chi connectivity index (χ4v) is 2.20. The van der Waals surface area contributed by atoms with Gasteiger partial charge in [-0.2, -0.15) is 0 Å². The summed E-state index contributed by atoms with van der Waals surface area (Å²) in [6, 6.07) is 7.62. The highest BCUT2D eigenvalue weighted by molar-refractivity contribution is 6.37. The van der Waals surface area contributed by atoms with Crippen LogP contribution in [0.4, 0.5) is 21.7 Å². The standard InChI is InChI=1S/C13H12Cl2FN3/c1-2-19(9-5-3-8(16)4-6-9)13-11(15)7-10(14)12(17)18-13/h3-7H,2H2,1H3,(H2,17,18). The van der Waals surface area contributed by atoms with Crippen molar-refractivity contribution in [2.45, 2.75) is 6.92 Å². The number of benzene rings is 1. The van der Waals surface area contributed by atoms with Gasteiger partial charge in [0.05, 0.1) is 10.0 Å². The van der Waals surface area contributed by atoms with E-state index in [1.54, 1.807) is 18.2 Å². The first-order valence-corrected chi connectivity index (χ1v) is 6.43. The normalized spacial score (nSPS) is 10.5. The summed E-state index contributed by atoms with van der Waals surface area (Å²) in [5.41, 5.74) is 6.47. The van der Waals surface area contributed by atoms with Gasteiger partial charge < -0.3 is 10.6 Å². The van der Waals surface area contributed by atoms with Crippen molar-refractivity contribution < 1.29 is 4.39 Å². The predicted octanol–water partition coefficient (Wildman–Crippen LogP) is 4.27. The molecule has 2 rings (SSSR count). The Kier molecular flexibility index (Phi) is 4.12. The zero-order chi connectivity index (χ0) is 14.0. The van der Waals surface area contributed by atoms with E-state index in [-0.39, 0.29) is 11.6 Å². The molecule has 0 saturated carbocycles. The van der Waals surface area contributed by atoms with Gasteiger partial charge in [0.2, 0.25) is 0 Å². The Morgan fingerprint density at radius 3 is 2.42 bits per heavy atom. The van der Waals surface area contributed by atoms with Crippen molar-refractivity contribution in [2.24, 2.45) is 0 Å². The predicted molar refractivity (Wildman–Crippen MR) is 77.7 cm³/mol. The quantitative estimate of drug-likeness (QED) is 0.920. The van der Waals surface area contributed by atoms with Crippen molar-refractivity contribution >= 4 is 40.5 Å². The number of halogens is 3. The van der Waals surface area contributed by atoms with Crippen LogP contribution in [-0.2, 0) is 0 Å². The van der Waals surface area contributed by atoms with Crippen LogP contribution < -0.4 is 10.6 Å². The molecular formula is C13H12Cl2FN3. The van der Waals surface area contributed by atoms with Gasteiger partial charge in [-0.15, -0.1) is 0 Å². The van der Waals surface area contributed by atoms with Crippen molar-refractivity contribution in [3.8, 4) is 0 Å². The molecule has 0 unspecified atom stereocenters. The molecule has 2 N–H and O–H groups in total. The van der Waals surface area contributed by atoms with Gasteiger partial charge in [0.15, 0.2) is 5.82 Å². The third-order valence-corrected chi connectivity index (χ3v) is 3.23. The smallest absolute Gasteiger partial charge is 0.154 e. The molecule has 0 saturated heterocycles. The Morgan fingerprint density at radius 1 is 1.21 bits per heavy atom. The first-order chi connectivity index (χ1) is 9.02. The number of hydrogen-bond acceptors (Lipinski definition) is 3. The molecule has 0 radical (unpaired) electrons. The molecule has 1 heterocycles. The highest BCUT2D eigenvalue weighted by Gasteiger charge is 2.15. The number of anilines is 3. The van der Waals surface area contributed by atoms with Crippen LogP contribution in [0.1, 0.15) is 6.92 Å². The maximum atomic E-state index is 13.0. The molecule has 0 bridgehead atoms. The molecule has 0 amide bonds. The Balaban J connectivity index is 2.47. The molecule has 0 spiro atoms. The number of hydrogen-bond donors (Lipinski definition) is 1. The molecule has 0 aliphatic rings. The third-order valence-electron chi connectivity index (χ3n) is 2.65. The molecule has 0 fully saturated rings. The maximum absolute atomic E-state index is 13.0. The van der Waals surface area contributed by atoms with Crippen molar-refractivity contribution in [2.75, 3.05) is 17.2 Å². The van der Waals surface area contributed by atoms with Crippen LogP contribution in [0.15, 0.2) is 30.3 Å². The zero-order valence-electron chi connectivity index (χ0n) is 10.2. The summed E-state index contributed by atoms with van der Waals surface area (Å²) in [6.07, 6.45) is 0. The highest BCUT2D eigenvalue weighted by Crippen LogP contribution is 2.33. The van der Waals surface area contributed by atoms with Gasteiger partial charge in [-0.3, -0.25) is 0 Å². The van der Waals surface area contributed by atoms with E-state index >= 15 is 0 Å². The first-order valence-electron chi connectivity index (χ1n) is 5.67. The van der Waals surface area contributed by atoms with Crippen molar-refractivity contribution in [1.82, 2.24) is 4.98 Å². The lowest BCUT2D eigenvalue weighted by atomic mass is 10.2. The summed E-state index contributed by atoms with van der Waals surface area (Å²) in [7, 11) is 0. The molecule has 6 heteroatoms. The van der Waals surface area contributed by atoms with Crippen molar-refractivity contribution in [1.29, 1.82) is 0 Å². The van der Waals surface area contributed by atoms with Gasteiger partial charge in [0.25, 0.3) is 0 Å². The molecule has 1 aromatic carbocycles. The summed E-state index contributed by atoms with van der Waals surface area (Å²) in [4.78, 5) is 6.02. The van der Waals surface area contributed by atoms with E-state index in [0.717, 1.165) is 5.69 Å². The number of nitrogens with zero attached hydrogens (tertiary/aromatic N) is 2. The molecule has 0 aliphatic heterocycles. The average molecular weight is 300 g/mol. The highest BCUT2D eigenvalue weighted by atomic mass is 35.5. The number of pyridine rings is 1. The SMILES string of the molecule is CCN(c1ccc(F)cc1)c1nc(N)c(Cl)cc1Cl. The summed E-state index contributed by atoms with van der Waals surface area (Å²) < 4.78 is 13.0. The first kappa shape index (κ1) is 13.9. The van der Waals surface area contributed by atoms with Gasteiger partial charge in [0, 0.05) is 12.2 Å². The minimum absolute atomic E-state index is 0.210. The molecule has 0 aliphatic carbocycles. The van der Waals surface area contributed by atoms with Crippen molar-refractivity contribution in [3.05, 3.63) is 46.2 Å². The van der Waals surface area contributed by atoms with E-state index in [1.807, 2.05) is 11.8 Å². The second-order valence-corrected chi connectivity index (χ2v) is 4.70. The lowest BCUT2D eigenvalue weighted by Crippen LogP contribution is -2.18. The van der Waals surface area contributed by atoms with Crippen molar-refractivity contribution in [3.63, 3.8) is 0 Å². The summed E-state index contributed by atoms with van der Waals surface area (Å²) in [5, 5.41) is 0.703. The molecule has 0 atom stereocenters. The number of nitrogen functional groups attached to an aromatic ring is 1. The number of rotatable bonds is 3. The topological polar surface area (TPSA) is 42.2 Å². The largest absolute Gasteiger partial charge is 0.382 e. The van der Waals surface area contributed by atoms with E-state index in [1.165, 1.54) is 12.1 Å². The van der Waals surface area contributed by atoms with Crippen LogP contribution in [0, 0.1) is 5.82 Å². The summed E-state index contributed by atoms with van der Waals surface area (Å²) >= 11 is 12.0. The minimum Gasteiger partial charge on any atom is -0.382 e. The van der Waals surface area contributed by atoms with E-state index in [2.05, 4.69) is 4.98 Å². The van der Waals surface area contributed by atoms with E-state index < -0.39 is 0 Å². The fraction of sp³-hybridized carbons (Fsp3) is 0.154. The second-order valence-electron chi connectivity index (χ2n) is 3.88. The summed E-state index contributed by atoms with van der Waals surface area (Å²) in [6.45, 7) is 2.55. The molecule has 100 valence electrons. The number of nitrogens with two attached hydrogens (primary N) is 1. The van der Waals surface area contributed by atoms with E-state index in [0.29, 0.717) is 22.4 Å². The van der Waals surface area contributed by atoms with Crippen LogP contribution >= 0.6 is 23.2 Å². The number of aromatic nitrogens is 1. The molecular weight excluding hydrogens is 288 g/mol. The summed E-state index contributed by atoms with van der Waals surface area (Å²) in [5.74, 6) is 0.411. The Bertz CT molecular complexity index is 587. The van der Waals surface area contributed by atoms with Gasteiger partial charge >= 0.3 is 0 Å².